The molecular weight excluding hydrogens is 432 g/mol. The molecule has 1 aliphatic rings. The largest absolute Gasteiger partial charge is 0.492 e. The molecule has 1 saturated heterocycles. The van der Waals surface area contributed by atoms with Gasteiger partial charge in [-0.15, -0.1) is 11.3 Å². The summed E-state index contributed by atoms with van der Waals surface area (Å²) < 4.78 is 18.2. The molecule has 6 nitrogen and oxygen atoms in total. The van der Waals surface area contributed by atoms with E-state index in [4.69, 9.17) is 14.5 Å². The molecule has 1 fully saturated rings. The molecule has 4 heterocycles. The van der Waals surface area contributed by atoms with Gasteiger partial charge in [-0.25, -0.2) is 4.98 Å². The normalized spacial score (nSPS) is 16.7. The fourth-order valence-electron chi connectivity index (χ4n) is 4.60. The van der Waals surface area contributed by atoms with Crippen LogP contribution in [-0.2, 0) is 20.0 Å². The lowest BCUT2D eigenvalue weighted by molar-refractivity contribution is 0.186. The Morgan fingerprint density at radius 3 is 2.94 bits per heavy atom. The van der Waals surface area contributed by atoms with E-state index in [1.807, 2.05) is 30.5 Å². The first-order chi connectivity index (χ1) is 16.2. The number of hydrogen-bond acceptors (Lipinski definition) is 5. The molecular formula is C26H32N4O2S. The first-order valence-electron chi connectivity index (χ1n) is 11.9. The van der Waals surface area contributed by atoms with E-state index in [0.717, 1.165) is 68.3 Å². The van der Waals surface area contributed by atoms with Crippen molar-refractivity contribution < 1.29 is 9.47 Å². The Kier molecular flexibility index (Phi) is 6.69. The van der Waals surface area contributed by atoms with Crippen LogP contribution in [0.1, 0.15) is 31.9 Å². The Morgan fingerprint density at radius 2 is 2.06 bits per heavy atom. The summed E-state index contributed by atoms with van der Waals surface area (Å²) in [5, 5.41) is 5.57. The van der Waals surface area contributed by atoms with Gasteiger partial charge in [0.2, 0.25) is 0 Å². The predicted molar refractivity (Wildman–Crippen MR) is 134 cm³/mol. The van der Waals surface area contributed by atoms with Crippen molar-refractivity contribution in [3.05, 3.63) is 53.7 Å². The first-order valence-corrected chi connectivity index (χ1v) is 12.8. The van der Waals surface area contributed by atoms with Crippen LogP contribution in [0.5, 0.6) is 11.5 Å². The minimum atomic E-state index is 0.274. The Morgan fingerprint density at radius 1 is 1.15 bits per heavy atom. The second-order valence-electron chi connectivity index (χ2n) is 8.58. The Labute approximate surface area is 199 Å². The maximum Gasteiger partial charge on any atom is 0.157 e. The fourth-order valence-corrected chi connectivity index (χ4v) is 5.45. The Bertz CT molecular complexity index is 1200. The van der Waals surface area contributed by atoms with Crippen molar-refractivity contribution in [3.63, 3.8) is 0 Å². The fraction of sp³-hybridized carbons (Fsp3) is 0.423. The van der Waals surface area contributed by atoms with Crippen molar-refractivity contribution >= 4 is 21.6 Å². The van der Waals surface area contributed by atoms with Crippen LogP contribution in [-0.4, -0.2) is 39.9 Å². The minimum Gasteiger partial charge on any atom is -0.492 e. The molecule has 0 spiro atoms. The molecule has 1 atom stereocenters. The highest BCUT2D eigenvalue weighted by molar-refractivity contribution is 7.17. The van der Waals surface area contributed by atoms with Crippen molar-refractivity contribution in [2.75, 3.05) is 19.7 Å². The lowest BCUT2D eigenvalue weighted by Crippen LogP contribution is -2.19. The zero-order valence-electron chi connectivity index (χ0n) is 19.4. The number of ether oxygens (including phenoxy) is 2. The lowest BCUT2D eigenvalue weighted by Gasteiger charge is -2.17. The molecule has 0 bridgehead atoms. The number of aromatic nitrogens is 3. The van der Waals surface area contributed by atoms with Gasteiger partial charge in [-0.3, -0.25) is 0 Å². The number of benzene rings is 1. The van der Waals surface area contributed by atoms with Gasteiger partial charge in [0.15, 0.2) is 5.82 Å². The first kappa shape index (κ1) is 22.0. The van der Waals surface area contributed by atoms with Crippen LogP contribution in [0.2, 0.25) is 0 Å². The van der Waals surface area contributed by atoms with E-state index in [1.165, 1.54) is 15.9 Å². The topological polar surface area (TPSA) is 53.2 Å². The Balaban J connectivity index is 1.27. The second kappa shape index (κ2) is 10.0. The highest BCUT2D eigenvalue weighted by atomic mass is 32.1. The molecule has 33 heavy (non-hydrogen) atoms. The molecule has 7 heteroatoms. The molecule has 5 rings (SSSR count). The third kappa shape index (κ3) is 4.80. The van der Waals surface area contributed by atoms with Crippen molar-refractivity contribution in [1.29, 1.82) is 0 Å². The molecule has 0 amide bonds. The molecule has 3 aromatic heterocycles. The van der Waals surface area contributed by atoms with Crippen LogP contribution in [0.4, 0.5) is 0 Å². The van der Waals surface area contributed by atoms with Crippen LogP contribution in [0.15, 0.2) is 48.0 Å². The van der Waals surface area contributed by atoms with E-state index in [9.17, 15) is 0 Å². The molecule has 174 valence electrons. The summed E-state index contributed by atoms with van der Waals surface area (Å²) in [6.45, 7) is 5.60. The van der Waals surface area contributed by atoms with E-state index < -0.39 is 0 Å². The number of thiophene rings is 1. The number of aryl methyl sites for hydroxylation is 2. The van der Waals surface area contributed by atoms with Gasteiger partial charge in [0.1, 0.15) is 18.1 Å². The maximum atomic E-state index is 6.24. The zero-order chi connectivity index (χ0) is 22.6. The van der Waals surface area contributed by atoms with E-state index >= 15 is 0 Å². The minimum absolute atomic E-state index is 0.274. The molecule has 0 aliphatic carbocycles. The number of fused-ring (bicyclic) bond motifs is 1. The summed E-state index contributed by atoms with van der Waals surface area (Å²) in [6, 6.07) is 12.5. The van der Waals surface area contributed by atoms with Gasteiger partial charge in [-0.05, 0) is 68.4 Å². The standard InChI is InChI=1S/C26H32N4O2S/c1-3-19-18-28-26(24-17-25-23(29(24)2)10-15-33-25)30(19)13-14-31-21-6-4-7-22(16-21)32-20-8-5-11-27-12-9-20/h4,6-7,10,15-18,20,27H,3,5,8-9,11-14H2,1-2H3. The summed E-state index contributed by atoms with van der Waals surface area (Å²) >= 11 is 1.77. The van der Waals surface area contributed by atoms with Gasteiger partial charge in [-0.2, -0.15) is 0 Å². The summed E-state index contributed by atoms with van der Waals surface area (Å²) in [5.74, 6) is 2.74. The van der Waals surface area contributed by atoms with Gasteiger partial charge in [0, 0.05) is 25.0 Å². The van der Waals surface area contributed by atoms with E-state index in [2.05, 4.69) is 45.9 Å². The highest BCUT2D eigenvalue weighted by Crippen LogP contribution is 2.30. The molecule has 1 N–H and O–H groups in total. The smallest absolute Gasteiger partial charge is 0.157 e. The van der Waals surface area contributed by atoms with Gasteiger partial charge in [0.25, 0.3) is 0 Å². The summed E-state index contributed by atoms with van der Waals surface area (Å²) in [7, 11) is 2.11. The third-order valence-corrected chi connectivity index (χ3v) is 7.26. The number of imidazole rings is 1. The van der Waals surface area contributed by atoms with Crippen LogP contribution in [0.25, 0.3) is 21.7 Å². The van der Waals surface area contributed by atoms with Crippen LogP contribution in [0, 0.1) is 0 Å². The summed E-state index contributed by atoms with van der Waals surface area (Å²) in [6.07, 6.45) is 6.50. The molecule has 1 aromatic carbocycles. The molecule has 4 aromatic rings. The SMILES string of the molecule is CCc1cnc(-c2cc3sccc3n2C)n1CCOc1cccc(OC2CCCNCC2)c1. The van der Waals surface area contributed by atoms with Crippen LogP contribution < -0.4 is 14.8 Å². The van der Waals surface area contributed by atoms with Crippen molar-refractivity contribution in [1.82, 2.24) is 19.4 Å². The van der Waals surface area contributed by atoms with E-state index in [-0.39, 0.29) is 6.10 Å². The van der Waals surface area contributed by atoms with Gasteiger partial charge < -0.3 is 23.9 Å². The maximum absolute atomic E-state index is 6.24. The predicted octanol–water partition coefficient (Wildman–Crippen LogP) is 5.27. The van der Waals surface area contributed by atoms with E-state index in [1.54, 1.807) is 11.3 Å². The highest BCUT2D eigenvalue weighted by Gasteiger charge is 2.17. The molecule has 0 radical (unpaired) electrons. The van der Waals surface area contributed by atoms with Gasteiger partial charge >= 0.3 is 0 Å². The van der Waals surface area contributed by atoms with Crippen molar-refractivity contribution in [2.24, 2.45) is 7.05 Å². The summed E-state index contributed by atoms with van der Waals surface area (Å²) in [4.78, 5) is 4.77. The zero-order valence-corrected chi connectivity index (χ0v) is 20.2. The number of rotatable bonds is 8. The van der Waals surface area contributed by atoms with Crippen LogP contribution in [0.3, 0.4) is 0 Å². The molecule has 1 unspecified atom stereocenters. The third-order valence-electron chi connectivity index (χ3n) is 6.41. The quantitative estimate of drug-likeness (QED) is 0.386. The molecule has 0 saturated carbocycles. The summed E-state index contributed by atoms with van der Waals surface area (Å²) in [5.41, 5.74) is 3.61. The van der Waals surface area contributed by atoms with Gasteiger partial charge in [-0.1, -0.05) is 13.0 Å². The van der Waals surface area contributed by atoms with E-state index in [0.29, 0.717) is 6.61 Å². The Hall–Kier alpha value is -2.77. The lowest BCUT2D eigenvalue weighted by atomic mass is 10.1. The average molecular weight is 465 g/mol. The van der Waals surface area contributed by atoms with Crippen molar-refractivity contribution in [3.8, 4) is 23.0 Å². The number of nitrogens with one attached hydrogen (secondary N) is 1. The number of hydrogen-bond donors (Lipinski definition) is 1. The second-order valence-corrected chi connectivity index (χ2v) is 9.53. The van der Waals surface area contributed by atoms with Crippen molar-refractivity contribution in [2.45, 2.75) is 45.3 Å². The van der Waals surface area contributed by atoms with Gasteiger partial charge in [0.05, 0.1) is 28.6 Å². The molecule has 1 aliphatic heterocycles. The van der Waals surface area contributed by atoms with Crippen LogP contribution >= 0.6 is 11.3 Å². The average Bonchev–Trinajstić information content (AvgIpc) is 3.46. The number of nitrogens with zero attached hydrogens (tertiary/aromatic N) is 3. The monoisotopic (exact) mass is 464 g/mol.